The van der Waals surface area contributed by atoms with Gasteiger partial charge in [0.2, 0.25) is 0 Å². The number of nitrogens with zero attached hydrogens (tertiary/aromatic N) is 2. The molecule has 1 aliphatic rings. The van der Waals surface area contributed by atoms with Gasteiger partial charge in [-0.3, -0.25) is 15.2 Å². The summed E-state index contributed by atoms with van der Waals surface area (Å²) in [5.74, 6) is 0.841. The maximum atomic E-state index is 12.3. The van der Waals surface area contributed by atoms with Crippen LogP contribution in [0, 0.1) is 25.2 Å². The third-order valence-electron chi connectivity index (χ3n) is 5.90. The molecule has 0 spiro atoms. The van der Waals surface area contributed by atoms with E-state index >= 15 is 0 Å². The lowest BCUT2D eigenvalue weighted by Crippen LogP contribution is -2.39. The number of thioether (sulfide) groups is 1. The number of carbonyl (C=O) groups excluding carboxylic acids is 1. The smallest absolute Gasteiger partial charge is 0.309 e. The fourth-order valence-electron chi connectivity index (χ4n) is 4.09. The van der Waals surface area contributed by atoms with Crippen molar-refractivity contribution in [2.75, 3.05) is 32.8 Å². The number of piperidine rings is 1. The molecule has 2 rings (SSSR count). The zero-order valence-electron chi connectivity index (χ0n) is 22.4. The van der Waals surface area contributed by atoms with Crippen LogP contribution in [-0.4, -0.2) is 59.5 Å². The van der Waals surface area contributed by atoms with Gasteiger partial charge in [-0.25, -0.2) is 0 Å². The highest BCUT2D eigenvalue weighted by molar-refractivity contribution is 8.26. The number of aliphatic imine (C=N–C) groups is 1. The minimum atomic E-state index is -0.422. The molecule has 1 aromatic carbocycles. The molecule has 0 radical (unpaired) electrons. The number of aryl methyl sites for hydroxylation is 2. The summed E-state index contributed by atoms with van der Waals surface area (Å²) < 4.78 is 11.7. The Bertz CT molecular complexity index is 864. The van der Waals surface area contributed by atoms with E-state index in [2.05, 4.69) is 16.8 Å². The van der Waals surface area contributed by atoms with Crippen molar-refractivity contribution in [3.05, 3.63) is 28.8 Å². The molecule has 0 bridgehead atoms. The molecule has 0 amide bonds. The zero-order valence-corrected chi connectivity index (χ0v) is 23.2. The number of ether oxygens (including phenoxy) is 2. The Morgan fingerprint density at radius 1 is 1.20 bits per heavy atom. The molecule has 196 valence electrons. The molecule has 0 atom stereocenters. The van der Waals surface area contributed by atoms with Gasteiger partial charge in [0.1, 0.15) is 16.4 Å². The average Bonchev–Trinajstić information content (AvgIpc) is 2.77. The first-order chi connectivity index (χ1) is 16.5. The second-order valence-corrected chi connectivity index (χ2v) is 11.3. The number of benzene rings is 1. The quantitative estimate of drug-likeness (QED) is 0.194. The van der Waals surface area contributed by atoms with E-state index in [9.17, 15) is 4.79 Å². The van der Waals surface area contributed by atoms with E-state index in [1.54, 1.807) is 0 Å². The molecule has 0 aromatic heterocycles. The van der Waals surface area contributed by atoms with Gasteiger partial charge in [0, 0.05) is 18.7 Å². The molecule has 7 nitrogen and oxygen atoms in total. The summed E-state index contributed by atoms with van der Waals surface area (Å²) in [6.07, 6.45) is 4.71. The monoisotopic (exact) mass is 504 g/mol. The number of hydrogen-bond donors (Lipinski definition) is 2. The Morgan fingerprint density at radius 3 is 2.40 bits per heavy atom. The molecule has 1 saturated heterocycles. The lowest BCUT2D eigenvalue weighted by molar-refractivity contribution is -0.161. The first-order valence-electron chi connectivity index (χ1n) is 12.8. The van der Waals surface area contributed by atoms with E-state index in [4.69, 9.17) is 20.6 Å². The predicted molar refractivity (Wildman–Crippen MR) is 147 cm³/mol. The molecular formula is C27H44N4O3S. The molecule has 1 aromatic rings. The maximum Gasteiger partial charge on any atom is 0.309 e. The van der Waals surface area contributed by atoms with Crippen molar-refractivity contribution in [3.63, 3.8) is 0 Å². The Morgan fingerprint density at radius 2 is 1.83 bits per heavy atom. The SMILES string of the molecule is CCCCN=C(N)SC(=N)c1cc(C)c(OCCCN2CCC(C(=O)OC(C)(C)C)CC2)c(C)c1. The van der Waals surface area contributed by atoms with Gasteiger partial charge in [-0.15, -0.1) is 0 Å². The van der Waals surface area contributed by atoms with Crippen molar-refractivity contribution >= 4 is 27.9 Å². The normalized spacial score (nSPS) is 15.8. The summed E-state index contributed by atoms with van der Waals surface area (Å²) in [7, 11) is 0. The van der Waals surface area contributed by atoms with Crippen LogP contribution in [-0.2, 0) is 9.53 Å². The van der Waals surface area contributed by atoms with Crippen LogP contribution < -0.4 is 10.5 Å². The van der Waals surface area contributed by atoms with E-state index in [-0.39, 0.29) is 11.9 Å². The van der Waals surface area contributed by atoms with E-state index in [0.717, 1.165) is 74.2 Å². The van der Waals surface area contributed by atoms with Crippen LogP contribution in [0.3, 0.4) is 0 Å². The number of rotatable bonds is 10. The summed E-state index contributed by atoms with van der Waals surface area (Å²) >= 11 is 1.20. The molecule has 3 N–H and O–H groups in total. The first-order valence-corrected chi connectivity index (χ1v) is 13.6. The molecule has 1 aliphatic heterocycles. The molecule has 0 saturated carbocycles. The Kier molecular flexibility index (Phi) is 11.6. The fraction of sp³-hybridized carbons (Fsp3) is 0.667. The van der Waals surface area contributed by atoms with Gasteiger partial charge >= 0.3 is 5.97 Å². The number of esters is 1. The number of carbonyl (C=O) groups is 1. The van der Waals surface area contributed by atoms with E-state index in [1.807, 2.05) is 46.8 Å². The minimum absolute atomic E-state index is 0.0143. The molecule has 1 fully saturated rings. The summed E-state index contributed by atoms with van der Waals surface area (Å²) in [6, 6.07) is 3.97. The molecule has 8 heteroatoms. The average molecular weight is 505 g/mol. The predicted octanol–water partition coefficient (Wildman–Crippen LogP) is 5.30. The van der Waals surface area contributed by atoms with Crippen LogP contribution in [0.5, 0.6) is 5.75 Å². The molecule has 35 heavy (non-hydrogen) atoms. The van der Waals surface area contributed by atoms with E-state index < -0.39 is 5.60 Å². The Labute approximate surface area is 215 Å². The maximum absolute atomic E-state index is 12.3. The zero-order chi connectivity index (χ0) is 26.0. The molecular weight excluding hydrogens is 460 g/mol. The highest BCUT2D eigenvalue weighted by Gasteiger charge is 2.28. The number of likely N-dealkylation sites (tertiary alicyclic amines) is 1. The highest BCUT2D eigenvalue weighted by Crippen LogP contribution is 2.27. The highest BCUT2D eigenvalue weighted by atomic mass is 32.2. The van der Waals surface area contributed by atoms with Crippen molar-refractivity contribution in [2.45, 2.75) is 79.2 Å². The van der Waals surface area contributed by atoms with Gasteiger partial charge < -0.3 is 20.1 Å². The lowest BCUT2D eigenvalue weighted by Gasteiger charge is -2.32. The van der Waals surface area contributed by atoms with Crippen molar-refractivity contribution in [1.29, 1.82) is 5.41 Å². The van der Waals surface area contributed by atoms with Crippen molar-refractivity contribution in [2.24, 2.45) is 16.6 Å². The summed E-state index contributed by atoms with van der Waals surface area (Å²) in [5, 5.41) is 9.23. The molecule has 1 heterocycles. The van der Waals surface area contributed by atoms with Gasteiger partial charge in [0.25, 0.3) is 0 Å². The first kappa shape index (κ1) is 29.2. The number of unbranched alkanes of at least 4 members (excludes halogenated alkanes) is 1. The number of nitrogens with two attached hydrogens (primary N) is 1. The topological polar surface area (TPSA) is 101 Å². The number of amidine groups is 1. The number of nitrogens with one attached hydrogen (secondary N) is 1. The third-order valence-corrected chi connectivity index (χ3v) is 6.68. The van der Waals surface area contributed by atoms with Gasteiger partial charge in [-0.1, -0.05) is 13.3 Å². The van der Waals surface area contributed by atoms with Gasteiger partial charge in [0.05, 0.1) is 12.5 Å². The second-order valence-electron chi connectivity index (χ2n) is 10.3. The van der Waals surface area contributed by atoms with Gasteiger partial charge in [0.15, 0.2) is 5.17 Å². The van der Waals surface area contributed by atoms with Crippen molar-refractivity contribution in [3.8, 4) is 5.75 Å². The van der Waals surface area contributed by atoms with Crippen LogP contribution in [0.25, 0.3) is 0 Å². The molecule has 0 aliphatic carbocycles. The van der Waals surface area contributed by atoms with Crippen LogP contribution in [0.4, 0.5) is 0 Å². The second kappa shape index (κ2) is 13.9. The summed E-state index contributed by atoms with van der Waals surface area (Å²) in [6.45, 7) is 16.0. The largest absolute Gasteiger partial charge is 0.493 e. The standard InChI is InChI=1S/C27H44N4O3S/c1-7-8-12-30-26(29)35-24(28)22-17-19(2)23(20(3)18-22)33-16-9-13-31-14-10-21(11-15-31)25(32)34-27(4,5)6/h17-18,21,28H,7-16H2,1-6H3,(H2,29,30). The lowest BCUT2D eigenvalue weighted by atomic mass is 9.96. The molecule has 0 unspecified atom stereocenters. The minimum Gasteiger partial charge on any atom is -0.493 e. The van der Waals surface area contributed by atoms with E-state index in [1.165, 1.54) is 11.8 Å². The fourth-order valence-corrected chi connectivity index (χ4v) is 4.69. The third kappa shape index (κ3) is 10.2. The summed E-state index contributed by atoms with van der Waals surface area (Å²) in [5.41, 5.74) is 8.42. The van der Waals surface area contributed by atoms with E-state index in [0.29, 0.717) is 23.4 Å². The Balaban J connectivity index is 1.78. The Hall–Kier alpha value is -2.06. The van der Waals surface area contributed by atoms with Crippen molar-refractivity contribution in [1.82, 2.24) is 4.90 Å². The summed E-state index contributed by atoms with van der Waals surface area (Å²) in [4.78, 5) is 19.0. The van der Waals surface area contributed by atoms with Crippen molar-refractivity contribution < 1.29 is 14.3 Å². The van der Waals surface area contributed by atoms with Crippen LogP contribution in [0.1, 0.15) is 76.5 Å². The van der Waals surface area contributed by atoms with Crippen LogP contribution >= 0.6 is 11.8 Å². The van der Waals surface area contributed by atoms with Gasteiger partial charge in [-0.05, 0) is 108 Å². The van der Waals surface area contributed by atoms with Gasteiger partial charge in [-0.2, -0.15) is 0 Å². The van der Waals surface area contributed by atoms with Crippen LogP contribution in [0.15, 0.2) is 17.1 Å². The number of hydrogen-bond acceptors (Lipinski definition) is 7. The van der Waals surface area contributed by atoms with Crippen LogP contribution in [0.2, 0.25) is 0 Å².